The van der Waals surface area contributed by atoms with Crippen LogP contribution in [-0.2, 0) is 11.3 Å². The van der Waals surface area contributed by atoms with Gasteiger partial charge in [-0.2, -0.15) is 0 Å². The molecule has 6 heteroatoms. The van der Waals surface area contributed by atoms with Crippen LogP contribution in [0.15, 0.2) is 23.1 Å². The molecule has 0 radical (unpaired) electrons. The van der Waals surface area contributed by atoms with E-state index in [4.69, 9.17) is 16.3 Å². The van der Waals surface area contributed by atoms with E-state index in [1.807, 2.05) is 6.92 Å². The van der Waals surface area contributed by atoms with Crippen molar-refractivity contribution in [3.8, 4) is 0 Å². The number of rotatable bonds is 5. The van der Waals surface area contributed by atoms with Crippen molar-refractivity contribution in [3.05, 3.63) is 45.0 Å². The van der Waals surface area contributed by atoms with Crippen molar-refractivity contribution in [2.24, 2.45) is 0 Å². The number of aromatic nitrogens is 1. The molecule has 0 bridgehead atoms. The van der Waals surface area contributed by atoms with Gasteiger partial charge in [-0.1, -0.05) is 24.9 Å². The largest absolute Gasteiger partial charge is 0.462 e. The number of nitrogens with zero attached hydrogens (tertiary/aromatic N) is 1. The Labute approximate surface area is 132 Å². The number of ether oxygens (including phenoxy) is 1. The molecule has 0 aliphatic rings. The number of hydrogen-bond acceptors (Lipinski definition) is 3. The summed E-state index contributed by atoms with van der Waals surface area (Å²) in [5.41, 5.74) is -0.123. The molecule has 1 aromatic carbocycles. The van der Waals surface area contributed by atoms with Crippen LogP contribution in [0.3, 0.4) is 0 Å². The molecule has 0 N–H and O–H groups in total. The first-order valence-electron chi connectivity index (χ1n) is 7.18. The maximum atomic E-state index is 13.7. The second-order valence-corrected chi connectivity index (χ2v) is 5.33. The first kappa shape index (κ1) is 16.5. The van der Waals surface area contributed by atoms with E-state index in [2.05, 4.69) is 0 Å². The number of benzene rings is 1. The monoisotopic (exact) mass is 325 g/mol. The highest BCUT2D eigenvalue weighted by Crippen LogP contribution is 2.22. The molecule has 1 aromatic heterocycles. The Kier molecular flexibility index (Phi) is 5.19. The number of aryl methyl sites for hydroxylation is 1. The molecule has 0 aliphatic heterocycles. The number of carbonyl (C=O) groups is 1. The molecule has 0 saturated carbocycles. The van der Waals surface area contributed by atoms with Crippen LogP contribution in [-0.4, -0.2) is 17.1 Å². The number of carbonyl (C=O) groups excluding carboxylic acids is 1. The van der Waals surface area contributed by atoms with E-state index in [-0.39, 0.29) is 22.6 Å². The van der Waals surface area contributed by atoms with Crippen molar-refractivity contribution in [2.45, 2.75) is 33.2 Å². The van der Waals surface area contributed by atoms with Gasteiger partial charge < -0.3 is 9.30 Å². The Balaban J connectivity index is 2.73. The second-order valence-electron chi connectivity index (χ2n) is 4.92. The van der Waals surface area contributed by atoms with Crippen LogP contribution in [0.25, 0.3) is 10.9 Å². The second kappa shape index (κ2) is 6.92. The fourth-order valence-electron chi connectivity index (χ4n) is 2.25. The van der Waals surface area contributed by atoms with E-state index in [1.165, 1.54) is 12.3 Å². The lowest BCUT2D eigenvalue weighted by Crippen LogP contribution is -2.21. The van der Waals surface area contributed by atoms with Gasteiger partial charge in [0.1, 0.15) is 11.4 Å². The molecule has 0 spiro atoms. The molecular formula is C16H17ClFNO3. The van der Waals surface area contributed by atoms with Gasteiger partial charge in [-0.25, -0.2) is 9.18 Å². The number of pyridine rings is 1. The molecule has 2 aromatic rings. The molecule has 2 rings (SSSR count). The molecule has 0 saturated heterocycles. The van der Waals surface area contributed by atoms with Crippen LogP contribution in [0.2, 0.25) is 5.02 Å². The summed E-state index contributed by atoms with van der Waals surface area (Å²) in [7, 11) is 0. The van der Waals surface area contributed by atoms with Crippen LogP contribution in [0.1, 0.15) is 37.0 Å². The molecule has 0 amide bonds. The van der Waals surface area contributed by atoms with Gasteiger partial charge in [0.15, 0.2) is 0 Å². The fraction of sp³-hybridized carbons (Fsp3) is 0.375. The van der Waals surface area contributed by atoms with Gasteiger partial charge in [0.25, 0.3) is 0 Å². The smallest absolute Gasteiger partial charge is 0.343 e. The lowest BCUT2D eigenvalue weighted by molar-refractivity contribution is 0.0524. The number of fused-ring (bicyclic) bond motifs is 1. The summed E-state index contributed by atoms with van der Waals surface area (Å²) in [5.74, 6) is -1.38. The average Bonchev–Trinajstić information content (AvgIpc) is 2.49. The summed E-state index contributed by atoms with van der Waals surface area (Å²) >= 11 is 5.82. The average molecular weight is 326 g/mol. The van der Waals surface area contributed by atoms with Crippen LogP contribution in [0, 0.1) is 5.82 Å². The number of halogens is 2. The topological polar surface area (TPSA) is 48.3 Å². The van der Waals surface area contributed by atoms with Gasteiger partial charge in [0.05, 0.1) is 17.1 Å². The molecule has 4 nitrogen and oxygen atoms in total. The third-order valence-electron chi connectivity index (χ3n) is 3.37. The standard InChI is InChI=1S/C16H17ClFNO3/c1-3-5-6-19-9-11(16(21)22-4-2)15(20)10-7-13(18)12(17)8-14(10)19/h7-9H,3-6H2,1-2H3. The maximum Gasteiger partial charge on any atom is 0.343 e. The Bertz CT molecular complexity index is 770. The van der Waals surface area contributed by atoms with Gasteiger partial charge in [-0.05, 0) is 25.5 Å². The van der Waals surface area contributed by atoms with E-state index in [0.717, 1.165) is 18.9 Å². The van der Waals surface area contributed by atoms with Crippen LogP contribution >= 0.6 is 11.6 Å². The van der Waals surface area contributed by atoms with Crippen molar-refractivity contribution in [1.82, 2.24) is 4.57 Å². The van der Waals surface area contributed by atoms with Gasteiger partial charge in [-0.15, -0.1) is 0 Å². The van der Waals surface area contributed by atoms with Crippen LogP contribution in [0.4, 0.5) is 4.39 Å². The van der Waals surface area contributed by atoms with Crippen molar-refractivity contribution in [3.63, 3.8) is 0 Å². The van der Waals surface area contributed by atoms with Gasteiger partial charge in [0, 0.05) is 18.1 Å². The fourth-order valence-corrected chi connectivity index (χ4v) is 2.41. The van der Waals surface area contributed by atoms with E-state index in [9.17, 15) is 14.0 Å². The lowest BCUT2D eigenvalue weighted by atomic mass is 10.1. The zero-order valence-corrected chi connectivity index (χ0v) is 13.2. The normalized spacial score (nSPS) is 10.9. The molecule has 1 heterocycles. The first-order valence-corrected chi connectivity index (χ1v) is 7.56. The summed E-state index contributed by atoms with van der Waals surface area (Å²) in [4.78, 5) is 24.3. The molecule has 0 atom stereocenters. The molecule has 0 fully saturated rings. The van der Waals surface area contributed by atoms with Gasteiger partial charge >= 0.3 is 5.97 Å². The summed E-state index contributed by atoms with van der Waals surface area (Å²) in [6.45, 7) is 4.46. The minimum atomic E-state index is -0.699. The number of hydrogen-bond donors (Lipinski definition) is 0. The van der Waals surface area contributed by atoms with E-state index in [0.29, 0.717) is 12.1 Å². The van der Waals surface area contributed by atoms with E-state index >= 15 is 0 Å². The predicted octanol–water partition coefficient (Wildman–Crippen LogP) is 3.77. The third-order valence-corrected chi connectivity index (χ3v) is 3.66. The van der Waals surface area contributed by atoms with Gasteiger partial charge in [-0.3, -0.25) is 4.79 Å². The van der Waals surface area contributed by atoms with Crippen molar-refractivity contribution >= 4 is 28.5 Å². The third kappa shape index (κ3) is 3.14. The summed E-state index contributed by atoms with van der Waals surface area (Å²) in [5, 5.41) is 0.0737. The highest BCUT2D eigenvalue weighted by atomic mass is 35.5. The zero-order chi connectivity index (χ0) is 16.3. The molecular weight excluding hydrogens is 309 g/mol. The SMILES string of the molecule is CCCCn1cc(C(=O)OCC)c(=O)c2cc(F)c(Cl)cc21. The Morgan fingerprint density at radius 2 is 2.09 bits per heavy atom. The summed E-state index contributed by atoms with van der Waals surface area (Å²) < 4.78 is 20.3. The summed E-state index contributed by atoms with van der Waals surface area (Å²) in [6.07, 6.45) is 3.26. The minimum Gasteiger partial charge on any atom is -0.462 e. The molecule has 0 unspecified atom stereocenters. The molecule has 22 heavy (non-hydrogen) atoms. The lowest BCUT2D eigenvalue weighted by Gasteiger charge is -2.13. The van der Waals surface area contributed by atoms with Crippen LogP contribution < -0.4 is 5.43 Å². The Hall–Kier alpha value is -1.88. The first-order chi connectivity index (χ1) is 10.5. The molecule has 118 valence electrons. The van der Waals surface area contributed by atoms with E-state index < -0.39 is 17.2 Å². The van der Waals surface area contributed by atoms with Crippen LogP contribution in [0.5, 0.6) is 0 Å². The Morgan fingerprint density at radius 1 is 1.36 bits per heavy atom. The predicted molar refractivity (Wildman–Crippen MR) is 84.0 cm³/mol. The highest BCUT2D eigenvalue weighted by Gasteiger charge is 2.18. The highest BCUT2D eigenvalue weighted by molar-refractivity contribution is 6.31. The van der Waals surface area contributed by atoms with Crippen molar-refractivity contribution in [1.29, 1.82) is 0 Å². The van der Waals surface area contributed by atoms with Crippen molar-refractivity contribution < 1.29 is 13.9 Å². The van der Waals surface area contributed by atoms with E-state index in [1.54, 1.807) is 11.5 Å². The van der Waals surface area contributed by atoms with Gasteiger partial charge in [0.2, 0.25) is 5.43 Å². The molecule has 0 aliphatic carbocycles. The number of unbranched alkanes of at least 4 members (excludes halogenated alkanes) is 1. The quantitative estimate of drug-likeness (QED) is 0.786. The number of esters is 1. The maximum absolute atomic E-state index is 13.7. The van der Waals surface area contributed by atoms with Crippen molar-refractivity contribution in [2.75, 3.05) is 6.61 Å². The summed E-state index contributed by atoms with van der Waals surface area (Å²) in [6, 6.07) is 2.49. The zero-order valence-electron chi connectivity index (χ0n) is 12.5. The minimum absolute atomic E-state index is 0.0546. The Morgan fingerprint density at radius 3 is 2.73 bits per heavy atom.